The van der Waals surface area contributed by atoms with Gasteiger partial charge in [0.05, 0.1) is 18.8 Å². The molecule has 3 aromatic rings. The number of aromatic hydroxyl groups is 1. The van der Waals surface area contributed by atoms with Crippen LogP contribution in [0.25, 0.3) is 11.3 Å². The van der Waals surface area contributed by atoms with Crippen molar-refractivity contribution in [2.75, 3.05) is 19.8 Å². The quantitative estimate of drug-likeness (QED) is 0.490. The Morgan fingerprint density at radius 3 is 2.91 bits per heavy atom. The van der Waals surface area contributed by atoms with E-state index in [-0.39, 0.29) is 23.8 Å². The van der Waals surface area contributed by atoms with Crippen LogP contribution in [0.4, 0.5) is 0 Å². The molecule has 2 atom stereocenters. The highest BCUT2D eigenvalue weighted by atomic mass is 16.5. The van der Waals surface area contributed by atoms with Gasteiger partial charge in [-0.05, 0) is 49.1 Å². The van der Waals surface area contributed by atoms with Crippen molar-refractivity contribution in [2.45, 2.75) is 44.8 Å². The molecule has 0 saturated carbocycles. The van der Waals surface area contributed by atoms with Gasteiger partial charge in [-0.25, -0.2) is 0 Å². The molecule has 0 radical (unpaired) electrons. The number of hydrogen-bond donors (Lipinski definition) is 2. The maximum absolute atomic E-state index is 13.5. The molecule has 0 bridgehead atoms. The maximum Gasteiger partial charge on any atom is 0.273 e. The van der Waals surface area contributed by atoms with Crippen molar-refractivity contribution in [1.82, 2.24) is 15.1 Å². The lowest BCUT2D eigenvalue weighted by Gasteiger charge is -2.28. The molecule has 5 rings (SSSR count). The summed E-state index contributed by atoms with van der Waals surface area (Å²) in [5.41, 5.74) is 3.39. The molecule has 0 aliphatic carbocycles. The number of benzene rings is 2. The number of para-hydroxylation sites is 1. The van der Waals surface area contributed by atoms with Gasteiger partial charge in [-0.1, -0.05) is 37.6 Å². The number of H-pyrrole nitrogens is 1. The monoisotopic (exact) mass is 447 g/mol. The van der Waals surface area contributed by atoms with Crippen LogP contribution in [0, 0.1) is 0 Å². The summed E-state index contributed by atoms with van der Waals surface area (Å²) in [6.07, 6.45) is 4.02. The molecule has 7 heteroatoms. The average molecular weight is 448 g/mol. The Balaban J connectivity index is 1.57. The summed E-state index contributed by atoms with van der Waals surface area (Å²) in [5.74, 6) is 0.815. The summed E-state index contributed by atoms with van der Waals surface area (Å²) < 4.78 is 11.8. The number of ether oxygens (including phenoxy) is 2. The third-order valence-corrected chi connectivity index (χ3v) is 6.39. The molecule has 2 aliphatic heterocycles. The van der Waals surface area contributed by atoms with Gasteiger partial charge >= 0.3 is 0 Å². The highest BCUT2D eigenvalue weighted by Crippen LogP contribution is 2.45. The smallest absolute Gasteiger partial charge is 0.273 e. The standard InChI is InChI=1S/C26H29N3O4/c1-2-3-13-32-18-9-6-8-17(15-18)25-22-23(20-11-4-5-12-21(20)30)27-28-24(22)26(31)29(25)16-19-10-7-14-33-19/h4-6,8-9,11-12,15,19,25,30H,2-3,7,10,13-14,16H2,1H3,(H,27,28)/t19-,25-/m1/s1. The van der Waals surface area contributed by atoms with Crippen LogP contribution in [0.3, 0.4) is 0 Å². The molecular weight excluding hydrogens is 418 g/mol. The van der Waals surface area contributed by atoms with Crippen molar-refractivity contribution < 1.29 is 19.4 Å². The minimum atomic E-state index is -0.347. The SMILES string of the molecule is CCCCOc1cccc([C@@H]2c3c(-c4ccccc4O)n[nH]c3C(=O)N2C[C@H]2CCCO2)c1. The summed E-state index contributed by atoms with van der Waals surface area (Å²) >= 11 is 0. The fourth-order valence-electron chi connectivity index (χ4n) is 4.73. The van der Waals surface area contributed by atoms with Gasteiger partial charge in [-0.2, -0.15) is 5.10 Å². The first-order valence-electron chi connectivity index (χ1n) is 11.7. The molecular formula is C26H29N3O4. The summed E-state index contributed by atoms with van der Waals surface area (Å²) in [4.78, 5) is 15.4. The Morgan fingerprint density at radius 2 is 2.12 bits per heavy atom. The van der Waals surface area contributed by atoms with E-state index in [1.54, 1.807) is 12.1 Å². The first-order valence-corrected chi connectivity index (χ1v) is 11.7. The fraction of sp³-hybridized carbons (Fsp3) is 0.385. The van der Waals surface area contributed by atoms with Gasteiger partial charge in [0, 0.05) is 24.3 Å². The first-order chi connectivity index (χ1) is 16.2. The molecule has 1 aromatic heterocycles. The number of carbonyl (C=O) groups excluding carboxylic acids is 1. The van der Waals surface area contributed by atoms with E-state index in [4.69, 9.17) is 9.47 Å². The number of unbranched alkanes of at least 4 members (excludes halogenated alkanes) is 1. The average Bonchev–Trinajstić information content (AvgIpc) is 3.54. The lowest BCUT2D eigenvalue weighted by atomic mass is 9.95. The van der Waals surface area contributed by atoms with E-state index in [1.807, 2.05) is 41.3 Å². The minimum absolute atomic E-state index is 0.0194. The number of carbonyl (C=O) groups is 1. The van der Waals surface area contributed by atoms with Gasteiger partial charge in [-0.15, -0.1) is 0 Å². The number of nitrogens with zero attached hydrogens (tertiary/aromatic N) is 2. The van der Waals surface area contributed by atoms with Gasteiger partial charge in [-0.3, -0.25) is 9.89 Å². The molecule has 1 amide bonds. The van der Waals surface area contributed by atoms with Crippen LogP contribution < -0.4 is 4.74 Å². The second-order valence-corrected chi connectivity index (χ2v) is 8.65. The van der Waals surface area contributed by atoms with Crippen LogP contribution >= 0.6 is 0 Å². The van der Waals surface area contributed by atoms with E-state index >= 15 is 0 Å². The van der Waals surface area contributed by atoms with Crippen LogP contribution in [0.1, 0.15) is 60.3 Å². The molecule has 0 unspecified atom stereocenters. The minimum Gasteiger partial charge on any atom is -0.507 e. The lowest BCUT2D eigenvalue weighted by Crippen LogP contribution is -2.36. The van der Waals surface area contributed by atoms with Crippen LogP contribution in [0.2, 0.25) is 0 Å². The second-order valence-electron chi connectivity index (χ2n) is 8.65. The number of hydrogen-bond acceptors (Lipinski definition) is 5. The molecule has 3 heterocycles. The van der Waals surface area contributed by atoms with Crippen molar-refractivity contribution >= 4 is 5.91 Å². The predicted octanol–water partition coefficient (Wildman–Crippen LogP) is 4.69. The van der Waals surface area contributed by atoms with Gasteiger partial charge in [0.1, 0.15) is 22.9 Å². The summed E-state index contributed by atoms with van der Waals surface area (Å²) in [6.45, 7) is 4.03. The number of aromatic amines is 1. The first kappa shape index (κ1) is 21.5. The molecule has 2 N–H and O–H groups in total. The third kappa shape index (κ3) is 4.09. The predicted molar refractivity (Wildman–Crippen MR) is 124 cm³/mol. The lowest BCUT2D eigenvalue weighted by molar-refractivity contribution is 0.0495. The van der Waals surface area contributed by atoms with Gasteiger partial charge in [0.15, 0.2) is 0 Å². The molecule has 1 saturated heterocycles. The van der Waals surface area contributed by atoms with Crippen LogP contribution in [0.15, 0.2) is 48.5 Å². The fourth-order valence-corrected chi connectivity index (χ4v) is 4.73. The van der Waals surface area contributed by atoms with E-state index in [0.29, 0.717) is 30.1 Å². The van der Waals surface area contributed by atoms with Gasteiger partial charge in [0.25, 0.3) is 5.91 Å². The van der Waals surface area contributed by atoms with E-state index in [9.17, 15) is 9.90 Å². The summed E-state index contributed by atoms with van der Waals surface area (Å²) in [5, 5.41) is 17.9. The van der Waals surface area contributed by atoms with Crippen LogP contribution in [-0.4, -0.2) is 52.0 Å². The highest BCUT2D eigenvalue weighted by Gasteiger charge is 2.43. The van der Waals surface area contributed by atoms with Crippen LogP contribution in [0.5, 0.6) is 11.5 Å². The number of amides is 1. The number of aromatic nitrogens is 2. The van der Waals surface area contributed by atoms with Crippen molar-refractivity contribution in [3.63, 3.8) is 0 Å². The maximum atomic E-state index is 13.5. The summed E-state index contributed by atoms with van der Waals surface area (Å²) in [6, 6.07) is 14.7. The molecule has 7 nitrogen and oxygen atoms in total. The largest absolute Gasteiger partial charge is 0.507 e. The van der Waals surface area contributed by atoms with E-state index in [0.717, 1.165) is 49.2 Å². The molecule has 2 aliphatic rings. The normalized spacial score (nSPS) is 19.8. The Hall–Kier alpha value is -3.32. The van der Waals surface area contributed by atoms with Crippen LogP contribution in [-0.2, 0) is 4.74 Å². The van der Waals surface area contributed by atoms with E-state index in [2.05, 4.69) is 17.1 Å². The molecule has 0 spiro atoms. The number of phenols is 1. The van der Waals surface area contributed by atoms with Crippen molar-refractivity contribution in [1.29, 1.82) is 0 Å². The molecule has 172 valence electrons. The zero-order valence-corrected chi connectivity index (χ0v) is 18.8. The Labute approximate surface area is 193 Å². The molecule has 1 fully saturated rings. The second kappa shape index (κ2) is 9.27. The Kier molecular flexibility index (Phi) is 6.05. The Morgan fingerprint density at radius 1 is 1.24 bits per heavy atom. The van der Waals surface area contributed by atoms with E-state index in [1.165, 1.54) is 0 Å². The number of fused-ring (bicyclic) bond motifs is 1. The molecule has 2 aromatic carbocycles. The van der Waals surface area contributed by atoms with Crippen molar-refractivity contribution in [2.24, 2.45) is 0 Å². The number of nitrogens with one attached hydrogen (secondary N) is 1. The van der Waals surface area contributed by atoms with Gasteiger partial charge < -0.3 is 19.5 Å². The van der Waals surface area contributed by atoms with Gasteiger partial charge in [0.2, 0.25) is 0 Å². The van der Waals surface area contributed by atoms with E-state index < -0.39 is 0 Å². The van der Waals surface area contributed by atoms with Crippen molar-refractivity contribution in [3.8, 4) is 22.8 Å². The third-order valence-electron chi connectivity index (χ3n) is 6.39. The van der Waals surface area contributed by atoms with Crippen molar-refractivity contribution in [3.05, 3.63) is 65.4 Å². The topological polar surface area (TPSA) is 87.7 Å². The summed E-state index contributed by atoms with van der Waals surface area (Å²) in [7, 11) is 0. The number of phenolic OH excluding ortho intramolecular Hbond substituents is 1. The molecule has 33 heavy (non-hydrogen) atoms. The highest BCUT2D eigenvalue weighted by molar-refractivity contribution is 6.00. The zero-order chi connectivity index (χ0) is 22.8. The Bertz CT molecular complexity index is 1140. The number of rotatable bonds is 8. The zero-order valence-electron chi connectivity index (χ0n) is 18.8.